The molecule has 0 amide bonds. The van der Waals surface area contributed by atoms with E-state index in [0.29, 0.717) is 13.1 Å². The first-order valence-electron chi connectivity index (χ1n) is 12.0. The zero-order chi connectivity index (χ0) is 25.4. The van der Waals surface area contributed by atoms with E-state index in [4.69, 9.17) is 0 Å². The summed E-state index contributed by atoms with van der Waals surface area (Å²) in [5, 5.41) is 18.6. The molecule has 3 aromatic rings. The Morgan fingerprint density at radius 2 is 1.47 bits per heavy atom. The smallest absolute Gasteiger partial charge is 0.132 e. The average molecular weight is 472 g/mol. The van der Waals surface area contributed by atoms with Gasteiger partial charge in [-0.1, -0.05) is 56.3 Å². The summed E-state index contributed by atoms with van der Waals surface area (Å²) >= 11 is 0. The number of pyridine rings is 2. The Labute approximate surface area is 213 Å². The molecule has 2 heterocycles. The first-order chi connectivity index (χ1) is 17.5. The molecule has 1 aliphatic carbocycles. The van der Waals surface area contributed by atoms with Gasteiger partial charge < -0.3 is 4.90 Å². The number of nitrogens with zero attached hydrogens (tertiary/aromatic N) is 5. The molecular weight excluding hydrogens is 442 g/mol. The minimum atomic E-state index is 0.00398. The molecule has 36 heavy (non-hydrogen) atoms. The predicted octanol–water partition coefficient (Wildman–Crippen LogP) is 6.79. The van der Waals surface area contributed by atoms with Crippen LogP contribution in [0.5, 0.6) is 0 Å². The standard InChI is InChI=1S/C31H29N5/c1-31(2)18-25(17-26(19-31)27(20-32)21-33)10-9-24-11-13-30(14-12-24)36(22-28-7-3-5-15-34-28)23-29-8-4-6-16-35-29/h3-17H,18-19,22-23H2,1-2H3/b10-9+. The van der Waals surface area contributed by atoms with E-state index < -0.39 is 0 Å². The van der Waals surface area contributed by atoms with Gasteiger partial charge in [-0.2, -0.15) is 10.5 Å². The van der Waals surface area contributed by atoms with Crippen molar-refractivity contribution >= 4 is 11.8 Å². The summed E-state index contributed by atoms with van der Waals surface area (Å²) < 4.78 is 0. The normalized spacial score (nSPS) is 14.6. The van der Waals surface area contributed by atoms with E-state index in [-0.39, 0.29) is 11.0 Å². The fraction of sp³-hybridized carbons (Fsp3) is 0.226. The highest BCUT2D eigenvalue weighted by Gasteiger charge is 2.26. The third kappa shape index (κ3) is 6.56. The van der Waals surface area contributed by atoms with Gasteiger partial charge in [0.25, 0.3) is 0 Å². The Morgan fingerprint density at radius 1 is 0.861 bits per heavy atom. The second-order valence-electron chi connectivity index (χ2n) is 9.78. The van der Waals surface area contributed by atoms with E-state index in [1.807, 2.05) is 67.0 Å². The molecule has 0 unspecified atom stereocenters. The van der Waals surface area contributed by atoms with Crippen molar-refractivity contribution in [1.82, 2.24) is 9.97 Å². The molecule has 5 heteroatoms. The highest BCUT2D eigenvalue weighted by Crippen LogP contribution is 2.39. The summed E-state index contributed by atoms with van der Waals surface area (Å²) in [5.41, 5.74) is 6.35. The van der Waals surface area contributed by atoms with Gasteiger partial charge in [-0.25, -0.2) is 0 Å². The number of rotatable bonds is 7. The lowest BCUT2D eigenvalue weighted by Gasteiger charge is -2.30. The van der Waals surface area contributed by atoms with Crippen LogP contribution in [0.1, 0.15) is 43.6 Å². The number of benzene rings is 1. The first-order valence-corrected chi connectivity index (χ1v) is 12.0. The largest absolute Gasteiger partial charge is 0.360 e. The van der Waals surface area contributed by atoms with Crippen molar-refractivity contribution in [3.63, 3.8) is 0 Å². The fourth-order valence-electron chi connectivity index (χ4n) is 4.51. The van der Waals surface area contributed by atoms with Crippen LogP contribution < -0.4 is 4.90 Å². The van der Waals surface area contributed by atoms with Crippen molar-refractivity contribution < 1.29 is 0 Å². The van der Waals surface area contributed by atoms with Gasteiger partial charge in [-0.15, -0.1) is 0 Å². The van der Waals surface area contributed by atoms with Crippen molar-refractivity contribution in [3.05, 3.63) is 119 Å². The van der Waals surface area contributed by atoms with Crippen LogP contribution in [0.15, 0.2) is 102 Å². The average Bonchev–Trinajstić information content (AvgIpc) is 2.88. The van der Waals surface area contributed by atoms with Gasteiger partial charge in [-0.05, 0) is 71.4 Å². The van der Waals surface area contributed by atoms with E-state index in [2.05, 4.69) is 65.1 Å². The summed E-state index contributed by atoms with van der Waals surface area (Å²) in [6, 6.07) is 24.5. The van der Waals surface area contributed by atoms with Crippen LogP contribution in [0.4, 0.5) is 5.69 Å². The lowest BCUT2D eigenvalue weighted by Crippen LogP contribution is -2.23. The molecule has 178 valence electrons. The summed E-state index contributed by atoms with van der Waals surface area (Å²) in [4.78, 5) is 11.3. The molecule has 0 fully saturated rings. The maximum absolute atomic E-state index is 9.31. The van der Waals surface area contributed by atoms with E-state index >= 15 is 0 Å². The van der Waals surface area contributed by atoms with Crippen LogP contribution >= 0.6 is 0 Å². The third-order valence-electron chi connectivity index (χ3n) is 6.16. The first kappa shape index (κ1) is 24.6. The van der Waals surface area contributed by atoms with E-state index in [9.17, 15) is 10.5 Å². The second kappa shape index (κ2) is 11.3. The number of hydrogen-bond acceptors (Lipinski definition) is 5. The lowest BCUT2D eigenvalue weighted by molar-refractivity contribution is 0.354. The van der Waals surface area contributed by atoms with Crippen LogP contribution in [0, 0.1) is 28.1 Å². The van der Waals surface area contributed by atoms with Gasteiger partial charge in [-0.3, -0.25) is 9.97 Å². The fourth-order valence-corrected chi connectivity index (χ4v) is 4.51. The SMILES string of the molecule is CC1(C)CC(/C=C/c2ccc(N(Cc3ccccn3)Cc3ccccn3)cc2)=CC(=C(C#N)C#N)C1. The molecule has 1 aromatic carbocycles. The summed E-state index contributed by atoms with van der Waals surface area (Å²) in [6.07, 6.45) is 11.5. The number of allylic oxidation sites excluding steroid dienone is 5. The monoisotopic (exact) mass is 471 g/mol. The Morgan fingerprint density at radius 3 is 2.00 bits per heavy atom. The number of hydrogen-bond donors (Lipinski definition) is 0. The molecule has 0 atom stereocenters. The maximum atomic E-state index is 9.31. The molecule has 0 spiro atoms. The van der Waals surface area contributed by atoms with Crippen molar-refractivity contribution in [3.8, 4) is 12.1 Å². The van der Waals surface area contributed by atoms with Crippen LogP contribution in [0.3, 0.4) is 0 Å². The van der Waals surface area contributed by atoms with Crippen LogP contribution in [-0.2, 0) is 13.1 Å². The number of anilines is 1. The van der Waals surface area contributed by atoms with Crippen molar-refractivity contribution in [1.29, 1.82) is 10.5 Å². The highest BCUT2D eigenvalue weighted by molar-refractivity contribution is 5.59. The van der Waals surface area contributed by atoms with Crippen LogP contribution in [0.25, 0.3) is 6.08 Å². The molecule has 4 rings (SSSR count). The topological polar surface area (TPSA) is 76.6 Å². The number of aromatic nitrogens is 2. The summed E-state index contributed by atoms with van der Waals surface area (Å²) in [7, 11) is 0. The third-order valence-corrected chi connectivity index (χ3v) is 6.16. The molecule has 0 aliphatic heterocycles. The molecule has 0 radical (unpaired) electrons. The Balaban J connectivity index is 1.55. The second-order valence-corrected chi connectivity index (χ2v) is 9.78. The molecular formula is C31H29N5. The van der Waals surface area contributed by atoms with Crippen molar-refractivity contribution in [2.24, 2.45) is 5.41 Å². The molecule has 0 saturated carbocycles. The highest BCUT2D eigenvalue weighted by atomic mass is 15.1. The Kier molecular flexibility index (Phi) is 7.73. The molecule has 0 N–H and O–H groups in total. The molecule has 5 nitrogen and oxygen atoms in total. The minimum Gasteiger partial charge on any atom is -0.360 e. The summed E-state index contributed by atoms with van der Waals surface area (Å²) in [5.74, 6) is 0. The van der Waals surface area contributed by atoms with Crippen LogP contribution in [0.2, 0.25) is 0 Å². The maximum Gasteiger partial charge on any atom is 0.132 e. The van der Waals surface area contributed by atoms with E-state index in [0.717, 1.165) is 46.6 Å². The van der Waals surface area contributed by atoms with Gasteiger partial charge in [0, 0.05) is 18.1 Å². The van der Waals surface area contributed by atoms with Gasteiger partial charge in [0.2, 0.25) is 0 Å². The van der Waals surface area contributed by atoms with Gasteiger partial charge >= 0.3 is 0 Å². The van der Waals surface area contributed by atoms with Crippen LogP contribution in [-0.4, -0.2) is 9.97 Å². The van der Waals surface area contributed by atoms with Crippen molar-refractivity contribution in [2.45, 2.75) is 39.8 Å². The van der Waals surface area contributed by atoms with Gasteiger partial charge in [0.15, 0.2) is 0 Å². The zero-order valence-electron chi connectivity index (χ0n) is 20.7. The van der Waals surface area contributed by atoms with Crippen molar-refractivity contribution in [2.75, 3.05) is 4.90 Å². The number of nitriles is 2. The Hall–Kier alpha value is -4.48. The van der Waals surface area contributed by atoms with Gasteiger partial charge in [0.05, 0.1) is 24.5 Å². The molecule has 0 saturated heterocycles. The molecule has 0 bridgehead atoms. The molecule has 2 aromatic heterocycles. The predicted molar refractivity (Wildman–Crippen MR) is 143 cm³/mol. The van der Waals surface area contributed by atoms with E-state index in [1.165, 1.54) is 0 Å². The summed E-state index contributed by atoms with van der Waals surface area (Å²) in [6.45, 7) is 5.72. The van der Waals surface area contributed by atoms with E-state index in [1.54, 1.807) is 0 Å². The lowest BCUT2D eigenvalue weighted by atomic mass is 9.74. The van der Waals surface area contributed by atoms with Gasteiger partial charge in [0.1, 0.15) is 17.7 Å². The molecule has 1 aliphatic rings. The zero-order valence-corrected chi connectivity index (χ0v) is 20.7. The quantitative estimate of drug-likeness (QED) is 0.355. The Bertz CT molecular complexity index is 1290. The minimum absolute atomic E-state index is 0.00398.